The van der Waals surface area contributed by atoms with E-state index in [0.717, 1.165) is 23.1 Å². The largest absolute Gasteiger partial charge is 0.484 e. The molecule has 1 aromatic carbocycles. The standard InChI is InChI=1S/C16H20N2O4S/c1-10-5-6-12(11(7-10)16(2,3)4)21-8-13-17-18-15(22-13)23-9-14(19)20/h5-7H,8-9H2,1-4H3,(H,19,20). The molecule has 124 valence electrons. The minimum atomic E-state index is -0.930. The van der Waals surface area contributed by atoms with Crippen molar-refractivity contribution >= 4 is 17.7 Å². The van der Waals surface area contributed by atoms with Gasteiger partial charge in [0.2, 0.25) is 0 Å². The molecule has 23 heavy (non-hydrogen) atoms. The van der Waals surface area contributed by atoms with Gasteiger partial charge in [-0.1, -0.05) is 50.2 Å². The lowest BCUT2D eigenvalue weighted by molar-refractivity contribution is -0.133. The first kappa shape index (κ1) is 17.3. The van der Waals surface area contributed by atoms with Crippen LogP contribution >= 0.6 is 11.8 Å². The van der Waals surface area contributed by atoms with Crippen LogP contribution in [0.2, 0.25) is 0 Å². The minimum Gasteiger partial charge on any atom is -0.484 e. The molecule has 0 spiro atoms. The fourth-order valence-corrected chi connectivity index (χ4v) is 2.47. The van der Waals surface area contributed by atoms with Crippen molar-refractivity contribution < 1.29 is 19.1 Å². The lowest BCUT2D eigenvalue weighted by Crippen LogP contribution is -2.13. The van der Waals surface area contributed by atoms with Crippen LogP contribution in [0.4, 0.5) is 0 Å². The molecule has 0 fully saturated rings. The minimum absolute atomic E-state index is 0.0430. The Labute approximate surface area is 139 Å². The van der Waals surface area contributed by atoms with Crippen LogP contribution in [-0.2, 0) is 16.8 Å². The van der Waals surface area contributed by atoms with E-state index in [2.05, 4.69) is 37.0 Å². The second-order valence-electron chi connectivity index (χ2n) is 6.18. The molecule has 0 bridgehead atoms. The predicted octanol–water partition coefficient (Wildman–Crippen LogP) is 3.43. The summed E-state index contributed by atoms with van der Waals surface area (Å²) in [6.45, 7) is 8.57. The average molecular weight is 336 g/mol. The van der Waals surface area contributed by atoms with Gasteiger partial charge in [-0.05, 0) is 24.0 Å². The summed E-state index contributed by atoms with van der Waals surface area (Å²) in [7, 11) is 0. The highest BCUT2D eigenvalue weighted by molar-refractivity contribution is 7.99. The molecule has 1 aromatic heterocycles. The Balaban J connectivity index is 2.05. The zero-order valence-corrected chi connectivity index (χ0v) is 14.4. The molecular weight excluding hydrogens is 316 g/mol. The van der Waals surface area contributed by atoms with Gasteiger partial charge in [0.25, 0.3) is 11.1 Å². The SMILES string of the molecule is Cc1ccc(OCc2nnc(SCC(=O)O)o2)c(C(C)(C)C)c1. The molecule has 0 aliphatic carbocycles. The fourth-order valence-electron chi connectivity index (χ4n) is 1.97. The molecule has 0 amide bonds. The Morgan fingerprint density at radius 2 is 2.09 bits per heavy atom. The number of benzene rings is 1. The molecule has 0 radical (unpaired) electrons. The van der Waals surface area contributed by atoms with Gasteiger partial charge in [0.05, 0.1) is 0 Å². The summed E-state index contributed by atoms with van der Waals surface area (Å²) >= 11 is 0.985. The second kappa shape index (κ2) is 7.04. The van der Waals surface area contributed by atoms with Gasteiger partial charge >= 0.3 is 5.97 Å². The zero-order chi connectivity index (χ0) is 17.0. The van der Waals surface area contributed by atoms with Crippen LogP contribution < -0.4 is 4.74 Å². The number of hydrogen-bond acceptors (Lipinski definition) is 6. The van der Waals surface area contributed by atoms with Crippen molar-refractivity contribution in [2.24, 2.45) is 0 Å². The van der Waals surface area contributed by atoms with Gasteiger partial charge in [0.1, 0.15) is 11.5 Å². The molecule has 1 N–H and O–H groups in total. The maximum Gasteiger partial charge on any atom is 0.314 e. The number of ether oxygens (including phenoxy) is 1. The van der Waals surface area contributed by atoms with E-state index in [0.29, 0.717) is 5.89 Å². The summed E-state index contributed by atoms with van der Waals surface area (Å²) in [6.07, 6.45) is 0. The zero-order valence-electron chi connectivity index (χ0n) is 13.6. The molecule has 0 unspecified atom stereocenters. The first-order valence-corrected chi connectivity index (χ1v) is 8.15. The van der Waals surface area contributed by atoms with Crippen molar-refractivity contribution in [1.29, 1.82) is 0 Å². The van der Waals surface area contributed by atoms with Crippen LogP contribution in [0, 0.1) is 6.92 Å². The molecule has 0 atom stereocenters. The summed E-state index contributed by atoms with van der Waals surface area (Å²) in [5, 5.41) is 16.5. The van der Waals surface area contributed by atoms with Crippen LogP contribution in [0.25, 0.3) is 0 Å². The smallest absolute Gasteiger partial charge is 0.314 e. The number of carbonyl (C=O) groups is 1. The fraction of sp³-hybridized carbons (Fsp3) is 0.438. The van der Waals surface area contributed by atoms with Crippen LogP contribution in [0.5, 0.6) is 5.75 Å². The Morgan fingerprint density at radius 3 is 2.74 bits per heavy atom. The highest BCUT2D eigenvalue weighted by atomic mass is 32.2. The number of thioether (sulfide) groups is 1. The highest BCUT2D eigenvalue weighted by Gasteiger charge is 2.20. The molecule has 6 nitrogen and oxygen atoms in total. The quantitative estimate of drug-likeness (QED) is 0.809. The number of carboxylic acid groups (broad SMARTS) is 1. The lowest BCUT2D eigenvalue weighted by atomic mass is 9.85. The van der Waals surface area contributed by atoms with Crippen LogP contribution in [0.1, 0.15) is 37.8 Å². The molecule has 0 saturated heterocycles. The Morgan fingerprint density at radius 1 is 1.35 bits per heavy atom. The predicted molar refractivity (Wildman–Crippen MR) is 86.9 cm³/mol. The summed E-state index contributed by atoms with van der Waals surface area (Å²) in [6, 6.07) is 6.04. The van der Waals surface area contributed by atoms with Crippen molar-refractivity contribution in [1.82, 2.24) is 10.2 Å². The molecular formula is C16H20N2O4S. The molecule has 2 rings (SSSR count). The van der Waals surface area contributed by atoms with Gasteiger partial charge in [-0.2, -0.15) is 0 Å². The van der Waals surface area contributed by atoms with E-state index in [4.69, 9.17) is 14.3 Å². The number of carboxylic acids is 1. The van der Waals surface area contributed by atoms with E-state index in [1.165, 1.54) is 5.56 Å². The van der Waals surface area contributed by atoms with Crippen molar-refractivity contribution in [3.63, 3.8) is 0 Å². The summed E-state index contributed by atoms with van der Waals surface area (Å²) in [4.78, 5) is 10.5. The van der Waals surface area contributed by atoms with Crippen LogP contribution in [0.15, 0.2) is 27.8 Å². The number of rotatable bonds is 6. The van der Waals surface area contributed by atoms with Gasteiger partial charge < -0.3 is 14.3 Å². The van der Waals surface area contributed by atoms with Gasteiger partial charge in [0.15, 0.2) is 6.61 Å². The molecule has 0 aliphatic heterocycles. The average Bonchev–Trinajstić information content (AvgIpc) is 2.91. The third kappa shape index (κ3) is 4.99. The number of aromatic nitrogens is 2. The monoisotopic (exact) mass is 336 g/mol. The van der Waals surface area contributed by atoms with E-state index >= 15 is 0 Å². The molecule has 1 heterocycles. The maximum atomic E-state index is 10.5. The molecule has 2 aromatic rings. The molecule has 7 heteroatoms. The van der Waals surface area contributed by atoms with Crippen molar-refractivity contribution in [2.45, 2.75) is 44.9 Å². The van der Waals surface area contributed by atoms with Crippen LogP contribution in [-0.4, -0.2) is 27.0 Å². The Hall–Kier alpha value is -2.02. The maximum absolute atomic E-state index is 10.5. The van der Waals surface area contributed by atoms with Gasteiger partial charge in [0, 0.05) is 0 Å². The van der Waals surface area contributed by atoms with E-state index < -0.39 is 5.97 Å². The second-order valence-corrected chi connectivity index (χ2v) is 7.11. The number of nitrogens with zero attached hydrogens (tertiary/aromatic N) is 2. The summed E-state index contributed by atoms with van der Waals surface area (Å²) in [5.41, 5.74) is 2.24. The Bertz CT molecular complexity index is 692. The van der Waals surface area contributed by atoms with E-state index in [9.17, 15) is 4.79 Å². The Kier molecular flexibility index (Phi) is 5.30. The lowest BCUT2D eigenvalue weighted by Gasteiger charge is -2.23. The van der Waals surface area contributed by atoms with E-state index in [-0.39, 0.29) is 23.0 Å². The number of hydrogen-bond donors (Lipinski definition) is 1. The van der Waals surface area contributed by atoms with Gasteiger partial charge in [-0.25, -0.2) is 0 Å². The third-order valence-electron chi connectivity index (χ3n) is 3.06. The normalized spacial score (nSPS) is 11.5. The van der Waals surface area contributed by atoms with E-state index in [1.54, 1.807) is 0 Å². The third-order valence-corrected chi connectivity index (χ3v) is 3.86. The highest BCUT2D eigenvalue weighted by Crippen LogP contribution is 2.32. The number of aryl methyl sites for hydroxylation is 1. The first-order chi connectivity index (χ1) is 10.8. The molecule has 0 aliphatic rings. The van der Waals surface area contributed by atoms with E-state index in [1.807, 2.05) is 19.1 Å². The summed E-state index contributed by atoms with van der Waals surface area (Å²) < 4.78 is 11.2. The van der Waals surface area contributed by atoms with Crippen molar-refractivity contribution in [3.05, 3.63) is 35.2 Å². The van der Waals surface area contributed by atoms with Gasteiger partial charge in [-0.15, -0.1) is 10.2 Å². The summed E-state index contributed by atoms with van der Waals surface area (Å²) in [5.74, 6) is 0.0501. The van der Waals surface area contributed by atoms with Crippen molar-refractivity contribution in [3.8, 4) is 5.75 Å². The first-order valence-electron chi connectivity index (χ1n) is 7.16. The van der Waals surface area contributed by atoms with Crippen LogP contribution in [0.3, 0.4) is 0 Å². The number of aliphatic carboxylic acids is 1. The van der Waals surface area contributed by atoms with Crippen molar-refractivity contribution in [2.75, 3.05) is 5.75 Å². The topological polar surface area (TPSA) is 85.5 Å². The van der Waals surface area contributed by atoms with Gasteiger partial charge in [-0.3, -0.25) is 4.79 Å². The molecule has 0 saturated carbocycles.